The molecule has 10 heavy (non-hydrogen) atoms. The maximum atomic E-state index is 10.0. The molecule has 0 aliphatic carbocycles. The van der Waals surface area contributed by atoms with Crippen molar-refractivity contribution in [2.75, 3.05) is 0 Å². The Balaban J connectivity index is 4.12. The Morgan fingerprint density at radius 3 is 2.50 bits per heavy atom. The maximum Gasteiger partial charge on any atom is 0.405 e. The third kappa shape index (κ3) is 4.08. The van der Waals surface area contributed by atoms with Crippen molar-refractivity contribution in [1.29, 1.82) is 0 Å². The van der Waals surface area contributed by atoms with Gasteiger partial charge in [0.05, 0.1) is 16.8 Å². The summed E-state index contributed by atoms with van der Waals surface area (Å²) in [5.41, 5.74) is -0.752. The average molecular weight is 163 g/mol. The van der Waals surface area contributed by atoms with Crippen LogP contribution in [0.25, 0.3) is 0 Å². The van der Waals surface area contributed by atoms with E-state index in [0.717, 1.165) is 0 Å². The Hall–Kier alpha value is -0.840. The normalized spacial score (nSPS) is 10.2. The number of rotatable bonds is 2. The zero-order valence-corrected chi connectivity index (χ0v) is 6.57. The summed E-state index contributed by atoms with van der Waals surface area (Å²) in [5, 5.41) is 11.7. The van der Waals surface area contributed by atoms with Crippen LogP contribution < -0.4 is 5.32 Å². The highest BCUT2D eigenvalue weighted by Gasteiger charge is 2.15. The molecule has 0 heterocycles. The summed E-state index contributed by atoms with van der Waals surface area (Å²) < 4.78 is 9.96. The van der Waals surface area contributed by atoms with Gasteiger partial charge in [-0.1, -0.05) is 0 Å². The highest BCUT2D eigenvalue weighted by Crippen LogP contribution is 1.94. The molecule has 0 bridgehead atoms. The first-order chi connectivity index (χ1) is 4.48. The van der Waals surface area contributed by atoms with Gasteiger partial charge in [0.1, 0.15) is 0 Å². The van der Waals surface area contributed by atoms with Crippen LogP contribution in [0, 0.1) is 0 Å². The maximum absolute atomic E-state index is 10.0. The first-order valence-corrected chi connectivity index (χ1v) is 3.42. The lowest BCUT2D eigenvalue weighted by Crippen LogP contribution is -2.43. The molecule has 4 nitrogen and oxygen atoms in total. The van der Waals surface area contributed by atoms with Crippen molar-refractivity contribution < 1.29 is 14.1 Å². The number of carboxylic acid groups (broad SMARTS) is 1. The lowest BCUT2D eigenvalue weighted by atomic mass is 10.1. The second-order valence-corrected chi connectivity index (χ2v) is 2.79. The summed E-state index contributed by atoms with van der Waals surface area (Å²) in [6, 6.07) is 0. The number of nitrogens with one attached hydrogen (secondary N) is 1. The summed E-state index contributed by atoms with van der Waals surface area (Å²) >= 11 is 0.250. The second-order valence-electron chi connectivity index (χ2n) is 2.37. The molecule has 0 aliphatic rings. The van der Waals surface area contributed by atoms with Gasteiger partial charge in [0.25, 0.3) is 0 Å². The van der Waals surface area contributed by atoms with E-state index in [-0.39, 0.29) is 11.3 Å². The van der Waals surface area contributed by atoms with Crippen LogP contribution in [0.1, 0.15) is 13.8 Å². The largest absolute Gasteiger partial charge is 0.465 e. The number of amides is 1. The van der Waals surface area contributed by atoms with Crippen molar-refractivity contribution in [2.45, 2.75) is 19.4 Å². The van der Waals surface area contributed by atoms with E-state index in [1.165, 1.54) is 5.37 Å². The fraction of sp³-hybridized carbons (Fsp3) is 0.600. The molecule has 0 aromatic heterocycles. The van der Waals surface area contributed by atoms with E-state index in [0.29, 0.717) is 0 Å². The van der Waals surface area contributed by atoms with Gasteiger partial charge in [-0.05, 0) is 13.8 Å². The van der Waals surface area contributed by atoms with Gasteiger partial charge in [0.2, 0.25) is 0 Å². The van der Waals surface area contributed by atoms with Crippen LogP contribution in [0.15, 0.2) is 0 Å². The topological polar surface area (TPSA) is 66.4 Å². The van der Waals surface area contributed by atoms with Crippen molar-refractivity contribution in [3.63, 3.8) is 0 Å². The van der Waals surface area contributed by atoms with Gasteiger partial charge in [-0.2, -0.15) is 0 Å². The van der Waals surface area contributed by atoms with Crippen LogP contribution in [0.3, 0.4) is 0 Å². The standard InChI is InChI=1S/C5H9NO3S/c1-5(2,3-10-9)6-4(7)8/h3,6H,1-2H3,(H,7,8). The summed E-state index contributed by atoms with van der Waals surface area (Å²) in [5.74, 6) is 0. The second kappa shape index (κ2) is 3.36. The van der Waals surface area contributed by atoms with Crippen molar-refractivity contribution in [2.24, 2.45) is 0 Å². The molecule has 0 saturated heterocycles. The highest BCUT2D eigenvalue weighted by molar-refractivity contribution is 7.65. The van der Waals surface area contributed by atoms with E-state index in [1.54, 1.807) is 13.8 Å². The van der Waals surface area contributed by atoms with E-state index in [4.69, 9.17) is 5.11 Å². The fourth-order valence-corrected chi connectivity index (χ4v) is 0.725. The predicted molar refractivity (Wildman–Crippen MR) is 39.4 cm³/mol. The molecule has 58 valence electrons. The van der Waals surface area contributed by atoms with E-state index >= 15 is 0 Å². The van der Waals surface area contributed by atoms with E-state index < -0.39 is 11.6 Å². The summed E-state index contributed by atoms with van der Waals surface area (Å²) in [6.45, 7) is 3.21. The van der Waals surface area contributed by atoms with Gasteiger partial charge < -0.3 is 10.4 Å². The number of hydrogen-bond acceptors (Lipinski definition) is 2. The minimum atomic E-state index is -1.13. The van der Waals surface area contributed by atoms with Crippen molar-refractivity contribution in [3.05, 3.63) is 0 Å². The summed E-state index contributed by atoms with van der Waals surface area (Å²) in [7, 11) is 0. The molecule has 0 unspecified atom stereocenters. The number of carbonyl (C=O) groups is 1. The molecule has 0 saturated carbocycles. The molecule has 0 fully saturated rings. The van der Waals surface area contributed by atoms with Gasteiger partial charge in [-0.25, -0.2) is 9.00 Å². The minimum absolute atomic E-state index is 0.250. The fourth-order valence-electron chi connectivity index (χ4n) is 0.425. The average Bonchev–Trinajstić information content (AvgIpc) is 1.59. The molecule has 0 aromatic carbocycles. The molecular formula is C5H9NO3S. The van der Waals surface area contributed by atoms with E-state index in [1.807, 2.05) is 0 Å². The smallest absolute Gasteiger partial charge is 0.405 e. The van der Waals surface area contributed by atoms with Crippen molar-refractivity contribution >= 4 is 22.7 Å². The minimum Gasteiger partial charge on any atom is -0.465 e. The molecule has 5 heteroatoms. The molecule has 1 amide bonds. The lowest BCUT2D eigenvalue weighted by molar-refractivity contribution is 0.189. The van der Waals surface area contributed by atoms with Gasteiger partial charge >= 0.3 is 6.09 Å². The first-order valence-electron chi connectivity index (χ1n) is 2.62. The molecule has 0 rings (SSSR count). The monoisotopic (exact) mass is 163 g/mol. The van der Waals surface area contributed by atoms with Crippen LogP contribution in [-0.2, 0) is 11.3 Å². The zero-order valence-electron chi connectivity index (χ0n) is 5.75. The van der Waals surface area contributed by atoms with E-state index in [2.05, 4.69) is 5.32 Å². The van der Waals surface area contributed by atoms with Crippen LogP contribution in [0.2, 0.25) is 0 Å². The van der Waals surface area contributed by atoms with Crippen molar-refractivity contribution in [3.8, 4) is 0 Å². The molecule has 2 N–H and O–H groups in total. The summed E-state index contributed by atoms with van der Waals surface area (Å²) in [6.07, 6.45) is -1.13. The molecular weight excluding hydrogens is 154 g/mol. The molecule has 0 aromatic rings. The highest BCUT2D eigenvalue weighted by atomic mass is 32.1. The Labute approximate surface area is 62.3 Å². The van der Waals surface area contributed by atoms with Gasteiger partial charge in [0, 0.05) is 5.37 Å². The van der Waals surface area contributed by atoms with Crippen LogP contribution >= 0.6 is 0 Å². The molecule has 0 atom stereocenters. The lowest BCUT2D eigenvalue weighted by Gasteiger charge is -2.17. The Bertz CT molecular complexity index is 183. The van der Waals surface area contributed by atoms with Crippen LogP contribution in [0.4, 0.5) is 4.79 Å². The van der Waals surface area contributed by atoms with Gasteiger partial charge in [-0.15, -0.1) is 0 Å². The SMILES string of the molecule is CC(C)(C=S=O)NC(=O)O. The van der Waals surface area contributed by atoms with Gasteiger partial charge in [-0.3, -0.25) is 0 Å². The Kier molecular flexibility index (Phi) is 3.08. The molecule has 0 spiro atoms. The third-order valence-electron chi connectivity index (χ3n) is 0.772. The Morgan fingerprint density at radius 2 is 2.20 bits per heavy atom. The predicted octanol–water partition coefficient (Wildman–Crippen LogP) is 0.0478. The summed E-state index contributed by atoms with van der Waals surface area (Å²) in [4.78, 5) is 10.0. The first kappa shape index (κ1) is 9.16. The van der Waals surface area contributed by atoms with Gasteiger partial charge in [0.15, 0.2) is 0 Å². The van der Waals surface area contributed by atoms with E-state index in [9.17, 15) is 9.00 Å². The third-order valence-corrected chi connectivity index (χ3v) is 1.46. The Morgan fingerprint density at radius 1 is 1.70 bits per heavy atom. The zero-order chi connectivity index (χ0) is 8.20. The van der Waals surface area contributed by atoms with Crippen LogP contribution in [-0.4, -0.2) is 26.3 Å². The molecule has 0 radical (unpaired) electrons. The quantitative estimate of drug-likeness (QED) is 0.565. The van der Waals surface area contributed by atoms with Crippen LogP contribution in [0.5, 0.6) is 0 Å². The van der Waals surface area contributed by atoms with Crippen molar-refractivity contribution in [1.82, 2.24) is 5.32 Å². The molecule has 0 aliphatic heterocycles. The number of hydrogen-bond donors (Lipinski definition) is 2.